The number of pyridine rings is 1. The Balaban J connectivity index is 1.38. The number of ether oxygens (including phenoxy) is 1. The lowest BCUT2D eigenvalue weighted by Crippen LogP contribution is -2.15. The van der Waals surface area contributed by atoms with Gasteiger partial charge >= 0.3 is 0 Å². The number of halogens is 1. The van der Waals surface area contributed by atoms with E-state index in [1.165, 1.54) is 49.5 Å². The molecule has 6 heteroatoms. The summed E-state index contributed by atoms with van der Waals surface area (Å²) in [6.07, 6.45) is 9.70. The molecule has 0 spiro atoms. The second-order valence-corrected chi connectivity index (χ2v) is 7.72. The molecular weight excluding hydrogens is 361 g/mol. The molecule has 0 saturated heterocycles. The van der Waals surface area contributed by atoms with Crippen LogP contribution >= 0.6 is 11.3 Å². The van der Waals surface area contributed by atoms with E-state index in [-0.39, 0.29) is 5.82 Å². The van der Waals surface area contributed by atoms with Gasteiger partial charge in [0.25, 0.3) is 0 Å². The molecular formula is C21H22FN3OS. The highest BCUT2D eigenvalue weighted by Crippen LogP contribution is 2.30. The monoisotopic (exact) mass is 383 g/mol. The third-order valence-electron chi connectivity index (χ3n) is 4.84. The third-order valence-corrected chi connectivity index (χ3v) is 5.60. The molecule has 1 aliphatic carbocycles. The Morgan fingerprint density at radius 3 is 2.85 bits per heavy atom. The smallest absolute Gasteiger partial charge is 0.187 e. The van der Waals surface area contributed by atoms with Crippen molar-refractivity contribution in [1.29, 1.82) is 0 Å². The molecule has 1 N–H and O–H groups in total. The minimum atomic E-state index is -0.347. The molecule has 27 heavy (non-hydrogen) atoms. The van der Waals surface area contributed by atoms with Crippen LogP contribution in [-0.4, -0.2) is 16.6 Å². The molecule has 2 aromatic heterocycles. The van der Waals surface area contributed by atoms with Crippen molar-refractivity contribution in [2.24, 2.45) is 5.92 Å². The zero-order chi connectivity index (χ0) is 18.5. The maximum Gasteiger partial charge on any atom is 0.187 e. The summed E-state index contributed by atoms with van der Waals surface area (Å²) < 4.78 is 20.1. The second-order valence-electron chi connectivity index (χ2n) is 6.86. The highest BCUT2D eigenvalue weighted by Gasteiger charge is 2.15. The Hall–Kier alpha value is -2.47. The van der Waals surface area contributed by atoms with Gasteiger partial charge in [0.05, 0.1) is 12.3 Å². The molecule has 0 radical (unpaired) electrons. The van der Waals surface area contributed by atoms with E-state index in [0.29, 0.717) is 29.1 Å². The predicted molar refractivity (Wildman–Crippen MR) is 107 cm³/mol. The fraction of sp³-hybridized carbons (Fsp3) is 0.333. The lowest BCUT2D eigenvalue weighted by molar-refractivity contribution is 0.202. The summed E-state index contributed by atoms with van der Waals surface area (Å²) >= 11 is 1.47. The zero-order valence-corrected chi connectivity index (χ0v) is 15.8. The standard InChI is InChI=1S/C21H22FN3OS/c22-18-11-17(8-9-20(18)26-13-15-5-2-1-3-6-15)24-21-25-19(14-27-21)16-7-4-10-23-12-16/h4,7-12,14-15H,1-3,5-6,13H2,(H,24,25). The first-order chi connectivity index (χ1) is 13.3. The molecule has 2 heterocycles. The van der Waals surface area contributed by atoms with E-state index in [9.17, 15) is 4.39 Å². The third kappa shape index (κ3) is 4.63. The number of hydrogen-bond donors (Lipinski definition) is 1. The highest BCUT2D eigenvalue weighted by molar-refractivity contribution is 7.14. The number of anilines is 2. The number of thiazole rings is 1. The molecule has 140 valence electrons. The van der Waals surface area contributed by atoms with Crippen molar-refractivity contribution in [2.45, 2.75) is 32.1 Å². The number of nitrogens with zero attached hydrogens (tertiary/aromatic N) is 2. The van der Waals surface area contributed by atoms with E-state index >= 15 is 0 Å². The summed E-state index contributed by atoms with van der Waals surface area (Å²) in [5.74, 6) is 0.526. The van der Waals surface area contributed by atoms with Gasteiger partial charge in [-0.3, -0.25) is 4.98 Å². The minimum Gasteiger partial charge on any atom is -0.490 e. The van der Waals surface area contributed by atoms with Crippen LogP contribution in [0.15, 0.2) is 48.1 Å². The molecule has 0 bridgehead atoms. The van der Waals surface area contributed by atoms with Crippen LogP contribution in [0.5, 0.6) is 5.75 Å². The Kier molecular flexibility index (Phi) is 5.63. The van der Waals surface area contributed by atoms with Crippen LogP contribution in [0.3, 0.4) is 0 Å². The molecule has 0 aliphatic heterocycles. The molecule has 0 amide bonds. The molecule has 1 saturated carbocycles. The molecule has 4 nitrogen and oxygen atoms in total. The van der Waals surface area contributed by atoms with Gasteiger partial charge in [-0.25, -0.2) is 9.37 Å². The molecule has 4 rings (SSSR count). The number of benzene rings is 1. The van der Waals surface area contributed by atoms with Crippen molar-refractivity contribution >= 4 is 22.2 Å². The Bertz CT molecular complexity index is 878. The summed E-state index contributed by atoms with van der Waals surface area (Å²) in [6, 6.07) is 8.81. The number of rotatable bonds is 6. The Morgan fingerprint density at radius 1 is 1.19 bits per heavy atom. The van der Waals surface area contributed by atoms with Crippen LogP contribution in [0.4, 0.5) is 15.2 Å². The van der Waals surface area contributed by atoms with Crippen LogP contribution in [0.25, 0.3) is 11.3 Å². The van der Waals surface area contributed by atoms with Gasteiger partial charge < -0.3 is 10.1 Å². The summed E-state index contributed by atoms with van der Waals surface area (Å²) in [5.41, 5.74) is 2.47. The predicted octanol–water partition coefficient (Wildman–Crippen LogP) is 6.05. The van der Waals surface area contributed by atoms with Crippen LogP contribution in [0.1, 0.15) is 32.1 Å². The van der Waals surface area contributed by atoms with Crippen LogP contribution in [-0.2, 0) is 0 Å². The minimum absolute atomic E-state index is 0.321. The normalized spacial score (nSPS) is 14.9. The van der Waals surface area contributed by atoms with Crippen molar-refractivity contribution in [2.75, 3.05) is 11.9 Å². The first kappa shape index (κ1) is 17.9. The van der Waals surface area contributed by atoms with Crippen LogP contribution in [0, 0.1) is 11.7 Å². The van der Waals surface area contributed by atoms with Crippen LogP contribution < -0.4 is 10.1 Å². The lowest BCUT2D eigenvalue weighted by atomic mass is 9.90. The van der Waals surface area contributed by atoms with Gasteiger partial charge in [0.2, 0.25) is 0 Å². The van der Waals surface area contributed by atoms with Crippen molar-refractivity contribution in [3.05, 3.63) is 53.9 Å². The topological polar surface area (TPSA) is 47.0 Å². The summed E-state index contributed by atoms with van der Waals surface area (Å²) in [5, 5.41) is 5.83. The van der Waals surface area contributed by atoms with Crippen molar-refractivity contribution in [1.82, 2.24) is 9.97 Å². The van der Waals surface area contributed by atoms with E-state index in [1.807, 2.05) is 23.6 Å². The van der Waals surface area contributed by atoms with Crippen molar-refractivity contribution in [3.63, 3.8) is 0 Å². The average Bonchev–Trinajstić information content (AvgIpc) is 3.17. The van der Waals surface area contributed by atoms with Crippen molar-refractivity contribution < 1.29 is 9.13 Å². The van der Waals surface area contributed by atoms with Gasteiger partial charge in [-0.2, -0.15) is 0 Å². The fourth-order valence-electron chi connectivity index (χ4n) is 3.36. The number of nitrogens with one attached hydrogen (secondary N) is 1. The zero-order valence-electron chi connectivity index (χ0n) is 15.0. The Morgan fingerprint density at radius 2 is 2.07 bits per heavy atom. The fourth-order valence-corrected chi connectivity index (χ4v) is 4.10. The highest BCUT2D eigenvalue weighted by atomic mass is 32.1. The number of aromatic nitrogens is 2. The Labute approximate surface area is 162 Å². The molecule has 0 atom stereocenters. The summed E-state index contributed by atoms with van der Waals surface area (Å²) in [7, 11) is 0. The van der Waals surface area contributed by atoms with Gasteiger partial charge in [0.15, 0.2) is 16.7 Å². The van der Waals surface area contributed by atoms with E-state index in [0.717, 1.165) is 11.3 Å². The molecule has 1 aliphatic rings. The van der Waals surface area contributed by atoms with E-state index in [1.54, 1.807) is 18.5 Å². The molecule has 1 aromatic carbocycles. The second kappa shape index (κ2) is 8.48. The van der Waals surface area contributed by atoms with Gasteiger partial charge in [0, 0.05) is 35.1 Å². The van der Waals surface area contributed by atoms with Crippen LogP contribution in [0.2, 0.25) is 0 Å². The quantitative estimate of drug-likeness (QED) is 0.563. The molecule has 0 unspecified atom stereocenters. The summed E-state index contributed by atoms with van der Waals surface area (Å²) in [6.45, 7) is 0.602. The SMILES string of the molecule is Fc1cc(Nc2nc(-c3cccnc3)cs2)ccc1OCC1CCCCC1. The maximum atomic E-state index is 14.4. The van der Waals surface area contributed by atoms with E-state index < -0.39 is 0 Å². The largest absolute Gasteiger partial charge is 0.490 e. The molecule has 1 fully saturated rings. The summed E-state index contributed by atoms with van der Waals surface area (Å²) in [4.78, 5) is 8.65. The first-order valence-corrected chi connectivity index (χ1v) is 10.2. The van der Waals surface area contributed by atoms with E-state index in [2.05, 4.69) is 15.3 Å². The molecule has 3 aromatic rings. The van der Waals surface area contributed by atoms with Gasteiger partial charge in [-0.1, -0.05) is 19.3 Å². The van der Waals surface area contributed by atoms with Crippen molar-refractivity contribution in [3.8, 4) is 17.0 Å². The van der Waals surface area contributed by atoms with Gasteiger partial charge in [-0.05, 0) is 43.0 Å². The van der Waals surface area contributed by atoms with Gasteiger partial charge in [0.1, 0.15) is 0 Å². The first-order valence-electron chi connectivity index (χ1n) is 9.33. The van der Waals surface area contributed by atoms with E-state index in [4.69, 9.17) is 4.74 Å². The lowest BCUT2D eigenvalue weighted by Gasteiger charge is -2.21. The average molecular weight is 383 g/mol. The van der Waals surface area contributed by atoms with Gasteiger partial charge in [-0.15, -0.1) is 11.3 Å². The number of hydrogen-bond acceptors (Lipinski definition) is 5. The maximum absolute atomic E-state index is 14.4.